The van der Waals surface area contributed by atoms with E-state index in [2.05, 4.69) is 10.2 Å². The minimum absolute atomic E-state index is 0.00426. The molecule has 2 aliphatic heterocycles. The lowest BCUT2D eigenvalue weighted by Crippen LogP contribution is -2.52. The van der Waals surface area contributed by atoms with E-state index in [1.165, 1.54) is 44.2 Å². The Morgan fingerprint density at radius 3 is 2.60 bits per heavy atom. The number of hydrogen-bond acceptors (Lipinski definition) is 4. The normalized spacial score (nSPS) is 25.6. The van der Waals surface area contributed by atoms with Gasteiger partial charge in [0, 0.05) is 24.4 Å². The topological polar surface area (TPSA) is 52.7 Å². The van der Waals surface area contributed by atoms with Crippen molar-refractivity contribution < 1.29 is 14.0 Å². The number of carbonyl (C=O) groups excluding carboxylic acids is 2. The van der Waals surface area contributed by atoms with Crippen LogP contribution in [0.5, 0.6) is 0 Å². The zero-order valence-electron chi connectivity index (χ0n) is 17.5. The number of benzene rings is 1. The standard InChI is InChI=1S/C23H32FN3O2S/c24-19-10-6-9-18(15-19)22(29)27-20(16-30-23(27)17-7-2-1-3-8-17)21(28)25-11-14-26-12-4-5-13-26/h6,9-10,15,17,20,23H,1-5,7-8,11-14,16H2,(H,25,28)/t20-,23+/m1/s1. The lowest BCUT2D eigenvalue weighted by atomic mass is 9.88. The Bertz CT molecular complexity index is 750. The van der Waals surface area contributed by atoms with E-state index < -0.39 is 11.9 Å². The second-order valence-corrected chi connectivity index (χ2v) is 9.85. The molecule has 0 unspecified atom stereocenters. The fourth-order valence-electron chi connectivity index (χ4n) is 5.00. The average molecular weight is 434 g/mol. The fraction of sp³-hybridized carbons (Fsp3) is 0.652. The number of carbonyl (C=O) groups is 2. The van der Waals surface area contributed by atoms with Crippen molar-refractivity contribution in [2.45, 2.75) is 56.4 Å². The van der Waals surface area contributed by atoms with Gasteiger partial charge in [0.1, 0.15) is 11.9 Å². The first-order valence-electron chi connectivity index (χ1n) is 11.3. The molecule has 7 heteroatoms. The number of halogens is 1. The molecule has 3 aliphatic rings. The molecule has 1 saturated carbocycles. The van der Waals surface area contributed by atoms with Gasteiger partial charge in [0.25, 0.3) is 5.91 Å². The van der Waals surface area contributed by atoms with Gasteiger partial charge in [-0.25, -0.2) is 4.39 Å². The molecule has 0 bridgehead atoms. The van der Waals surface area contributed by atoms with Gasteiger partial charge in [-0.1, -0.05) is 25.3 Å². The molecule has 3 fully saturated rings. The number of nitrogens with one attached hydrogen (secondary N) is 1. The van der Waals surface area contributed by atoms with Crippen molar-refractivity contribution in [2.24, 2.45) is 5.92 Å². The molecule has 164 valence electrons. The van der Waals surface area contributed by atoms with Gasteiger partial charge in [0.15, 0.2) is 0 Å². The Morgan fingerprint density at radius 1 is 1.10 bits per heavy atom. The number of likely N-dealkylation sites (tertiary alicyclic amines) is 1. The van der Waals surface area contributed by atoms with Gasteiger partial charge in [-0.05, 0) is 62.9 Å². The van der Waals surface area contributed by atoms with E-state index in [9.17, 15) is 14.0 Å². The van der Waals surface area contributed by atoms with Crippen molar-refractivity contribution in [3.63, 3.8) is 0 Å². The second-order valence-electron chi connectivity index (χ2n) is 8.70. The van der Waals surface area contributed by atoms with E-state index in [1.54, 1.807) is 28.8 Å². The molecule has 5 nitrogen and oxygen atoms in total. The predicted octanol–water partition coefficient (Wildman–Crippen LogP) is 3.50. The summed E-state index contributed by atoms with van der Waals surface area (Å²) in [6.45, 7) is 3.66. The van der Waals surface area contributed by atoms with Gasteiger partial charge in [-0.15, -0.1) is 11.8 Å². The Hall–Kier alpha value is -1.60. The molecule has 0 spiro atoms. The van der Waals surface area contributed by atoms with Gasteiger partial charge >= 0.3 is 0 Å². The molecule has 4 rings (SSSR count). The molecule has 2 atom stereocenters. The van der Waals surface area contributed by atoms with Gasteiger partial charge in [-0.3, -0.25) is 9.59 Å². The summed E-state index contributed by atoms with van der Waals surface area (Å²) in [6.07, 6.45) is 8.24. The van der Waals surface area contributed by atoms with Crippen LogP contribution in [0.2, 0.25) is 0 Å². The number of amides is 2. The van der Waals surface area contributed by atoms with Crippen LogP contribution in [0, 0.1) is 11.7 Å². The molecule has 0 aromatic heterocycles. The molecule has 30 heavy (non-hydrogen) atoms. The van der Waals surface area contributed by atoms with E-state index in [4.69, 9.17) is 0 Å². The van der Waals surface area contributed by atoms with Gasteiger partial charge in [0.2, 0.25) is 5.91 Å². The van der Waals surface area contributed by atoms with Gasteiger partial charge in [-0.2, -0.15) is 0 Å². The Labute approximate surface area is 182 Å². The van der Waals surface area contributed by atoms with Crippen LogP contribution in [0.1, 0.15) is 55.3 Å². The number of thioether (sulfide) groups is 1. The molecule has 1 aliphatic carbocycles. The predicted molar refractivity (Wildman–Crippen MR) is 118 cm³/mol. The van der Waals surface area contributed by atoms with E-state index >= 15 is 0 Å². The lowest BCUT2D eigenvalue weighted by Gasteiger charge is -2.35. The number of rotatable bonds is 6. The van der Waals surface area contributed by atoms with Crippen molar-refractivity contribution in [2.75, 3.05) is 31.9 Å². The summed E-state index contributed by atoms with van der Waals surface area (Å²) in [5, 5.41) is 3.06. The van der Waals surface area contributed by atoms with Crippen LogP contribution < -0.4 is 5.32 Å². The Balaban J connectivity index is 1.47. The summed E-state index contributed by atoms with van der Waals surface area (Å²) in [6, 6.07) is 5.35. The SMILES string of the molecule is O=C(NCCN1CCCC1)[C@H]1CS[C@@H](C2CCCCC2)N1C(=O)c1cccc(F)c1. The summed E-state index contributed by atoms with van der Waals surface area (Å²) < 4.78 is 13.8. The molecular weight excluding hydrogens is 401 g/mol. The first-order chi connectivity index (χ1) is 14.6. The fourth-order valence-corrected chi connectivity index (χ4v) is 6.64. The van der Waals surface area contributed by atoms with Crippen LogP contribution in [0.4, 0.5) is 4.39 Å². The number of hydrogen-bond donors (Lipinski definition) is 1. The average Bonchev–Trinajstić information content (AvgIpc) is 3.44. The van der Waals surface area contributed by atoms with Crippen LogP contribution in [0.15, 0.2) is 24.3 Å². The maximum Gasteiger partial charge on any atom is 0.255 e. The van der Waals surface area contributed by atoms with Crippen LogP contribution in [0.25, 0.3) is 0 Å². The van der Waals surface area contributed by atoms with Crippen molar-refractivity contribution in [3.8, 4) is 0 Å². The summed E-state index contributed by atoms with van der Waals surface area (Å²) >= 11 is 1.72. The number of nitrogens with zero attached hydrogens (tertiary/aromatic N) is 2. The van der Waals surface area contributed by atoms with Crippen molar-refractivity contribution in [3.05, 3.63) is 35.6 Å². The summed E-state index contributed by atoms with van der Waals surface area (Å²) in [7, 11) is 0. The molecule has 1 aromatic carbocycles. The molecule has 1 N–H and O–H groups in total. The zero-order valence-corrected chi connectivity index (χ0v) is 18.3. The van der Waals surface area contributed by atoms with E-state index in [1.807, 2.05) is 0 Å². The zero-order chi connectivity index (χ0) is 20.9. The van der Waals surface area contributed by atoms with E-state index in [0.717, 1.165) is 32.5 Å². The molecule has 2 heterocycles. The first-order valence-corrected chi connectivity index (χ1v) is 12.4. The highest BCUT2D eigenvalue weighted by Crippen LogP contribution is 2.41. The molecule has 2 amide bonds. The molecular formula is C23H32FN3O2S. The minimum Gasteiger partial charge on any atom is -0.353 e. The molecule has 2 saturated heterocycles. The van der Waals surface area contributed by atoms with Crippen molar-refractivity contribution >= 4 is 23.6 Å². The first kappa shape index (κ1) is 21.6. The van der Waals surface area contributed by atoms with Gasteiger partial charge in [0.05, 0.1) is 5.37 Å². The Kier molecular flexibility index (Phi) is 7.31. The lowest BCUT2D eigenvalue weighted by molar-refractivity contribution is -0.125. The van der Waals surface area contributed by atoms with Crippen LogP contribution in [0.3, 0.4) is 0 Å². The van der Waals surface area contributed by atoms with Gasteiger partial charge < -0.3 is 15.1 Å². The maximum atomic E-state index is 13.8. The largest absolute Gasteiger partial charge is 0.353 e. The van der Waals surface area contributed by atoms with Crippen LogP contribution in [-0.2, 0) is 4.79 Å². The minimum atomic E-state index is -0.490. The smallest absolute Gasteiger partial charge is 0.255 e. The summed E-state index contributed by atoms with van der Waals surface area (Å²) in [5.74, 6) is 0.286. The second kappa shape index (κ2) is 10.1. The quantitative estimate of drug-likeness (QED) is 0.746. The Morgan fingerprint density at radius 2 is 1.87 bits per heavy atom. The summed E-state index contributed by atoms with van der Waals surface area (Å²) in [5.41, 5.74) is 0.327. The summed E-state index contributed by atoms with van der Waals surface area (Å²) in [4.78, 5) is 30.6. The van der Waals surface area contributed by atoms with E-state index in [0.29, 0.717) is 23.8 Å². The van der Waals surface area contributed by atoms with E-state index in [-0.39, 0.29) is 17.2 Å². The third kappa shape index (κ3) is 4.99. The monoisotopic (exact) mass is 433 g/mol. The highest BCUT2D eigenvalue weighted by molar-refractivity contribution is 8.00. The maximum absolute atomic E-state index is 13.8. The third-order valence-electron chi connectivity index (χ3n) is 6.62. The van der Waals surface area contributed by atoms with Crippen LogP contribution >= 0.6 is 11.8 Å². The highest BCUT2D eigenvalue weighted by atomic mass is 32.2. The highest BCUT2D eigenvalue weighted by Gasteiger charge is 2.45. The van der Waals surface area contributed by atoms with Crippen molar-refractivity contribution in [1.29, 1.82) is 0 Å². The van der Waals surface area contributed by atoms with Crippen LogP contribution in [-0.4, -0.2) is 65.0 Å². The molecule has 1 aromatic rings. The van der Waals surface area contributed by atoms with Crippen molar-refractivity contribution in [1.82, 2.24) is 15.1 Å². The third-order valence-corrected chi connectivity index (χ3v) is 8.08. The molecule has 0 radical (unpaired) electrons.